The van der Waals surface area contributed by atoms with Crippen molar-refractivity contribution in [2.45, 2.75) is 25.5 Å². The van der Waals surface area contributed by atoms with Crippen LogP contribution in [0.25, 0.3) is 10.8 Å². The van der Waals surface area contributed by atoms with Crippen LogP contribution in [-0.4, -0.2) is 5.11 Å². The predicted octanol–water partition coefficient (Wildman–Crippen LogP) is 5.39. The van der Waals surface area contributed by atoms with Crippen molar-refractivity contribution >= 4 is 10.8 Å². The summed E-state index contributed by atoms with van der Waals surface area (Å²) in [4.78, 5) is 0. The first-order valence-corrected chi connectivity index (χ1v) is 9.60. The highest BCUT2D eigenvalue weighted by Gasteiger charge is 2.40. The number of nitrogens with two attached hydrogens (primary N) is 1. The van der Waals surface area contributed by atoms with E-state index in [-0.39, 0.29) is 0 Å². The average Bonchev–Trinajstić information content (AvgIpc) is 2.72. The van der Waals surface area contributed by atoms with Crippen molar-refractivity contribution in [1.29, 1.82) is 0 Å². The first-order valence-electron chi connectivity index (χ1n) is 9.60. The van der Waals surface area contributed by atoms with Crippen molar-refractivity contribution in [3.05, 3.63) is 119 Å². The molecule has 4 aromatic carbocycles. The Morgan fingerprint density at radius 2 is 1.25 bits per heavy atom. The largest absolute Gasteiger partial charge is 0.378 e. The highest BCUT2D eigenvalue weighted by atomic mass is 16.3. The summed E-state index contributed by atoms with van der Waals surface area (Å²) in [5, 5.41) is 14.3. The number of benzene rings is 4. The molecule has 0 fully saturated rings. The SMILES string of the molecule is Cc1cccc(C(O)(c2cccc(C)c2)C(N)c2cccc3ccccc23)c1. The van der Waals surface area contributed by atoms with E-state index in [0.29, 0.717) is 0 Å². The van der Waals surface area contributed by atoms with Crippen LogP contribution in [0.2, 0.25) is 0 Å². The van der Waals surface area contributed by atoms with Gasteiger partial charge in [0.1, 0.15) is 5.60 Å². The van der Waals surface area contributed by atoms with Crippen LogP contribution >= 0.6 is 0 Å². The zero-order chi connectivity index (χ0) is 19.7. The van der Waals surface area contributed by atoms with E-state index in [1.165, 1.54) is 0 Å². The minimum Gasteiger partial charge on any atom is -0.378 e. The van der Waals surface area contributed by atoms with Gasteiger partial charge >= 0.3 is 0 Å². The monoisotopic (exact) mass is 367 g/mol. The molecule has 4 rings (SSSR count). The lowest BCUT2D eigenvalue weighted by Crippen LogP contribution is -2.40. The Morgan fingerprint density at radius 3 is 1.86 bits per heavy atom. The number of aryl methyl sites for hydroxylation is 2. The summed E-state index contributed by atoms with van der Waals surface area (Å²) in [6.45, 7) is 4.06. The fraction of sp³-hybridized carbons (Fsp3) is 0.154. The van der Waals surface area contributed by atoms with Gasteiger partial charge in [-0.3, -0.25) is 0 Å². The van der Waals surface area contributed by atoms with Crippen LogP contribution < -0.4 is 5.73 Å². The Kier molecular flexibility index (Phi) is 4.76. The molecule has 0 saturated carbocycles. The summed E-state index contributed by atoms with van der Waals surface area (Å²) in [6, 6.07) is 29.6. The van der Waals surface area contributed by atoms with Gasteiger partial charge in [-0.15, -0.1) is 0 Å². The second-order valence-electron chi connectivity index (χ2n) is 7.55. The Bertz CT molecular complexity index is 1080. The molecule has 0 heterocycles. The van der Waals surface area contributed by atoms with Crippen LogP contribution in [0.3, 0.4) is 0 Å². The molecule has 1 atom stereocenters. The molecule has 3 N–H and O–H groups in total. The molecule has 2 nitrogen and oxygen atoms in total. The van der Waals surface area contributed by atoms with Gasteiger partial charge in [-0.05, 0) is 41.3 Å². The Hall–Kier alpha value is -2.94. The molecule has 0 aliphatic heterocycles. The summed E-state index contributed by atoms with van der Waals surface area (Å²) in [7, 11) is 0. The van der Waals surface area contributed by atoms with E-state index < -0.39 is 11.6 Å². The lowest BCUT2D eigenvalue weighted by molar-refractivity contribution is 0.0516. The summed E-state index contributed by atoms with van der Waals surface area (Å²) >= 11 is 0. The quantitative estimate of drug-likeness (QED) is 0.508. The lowest BCUT2D eigenvalue weighted by Gasteiger charge is -2.36. The van der Waals surface area contributed by atoms with Crippen molar-refractivity contribution in [1.82, 2.24) is 0 Å². The molecule has 0 aromatic heterocycles. The summed E-state index contributed by atoms with van der Waals surface area (Å²) in [6.07, 6.45) is 0. The van der Waals surface area contributed by atoms with Crippen LogP contribution in [0.4, 0.5) is 0 Å². The highest BCUT2D eigenvalue weighted by Crippen LogP contribution is 2.42. The Morgan fingerprint density at radius 1 is 0.714 bits per heavy atom. The fourth-order valence-corrected chi connectivity index (χ4v) is 4.04. The van der Waals surface area contributed by atoms with Crippen molar-refractivity contribution in [2.75, 3.05) is 0 Å². The molecule has 140 valence electrons. The molecule has 4 aromatic rings. The van der Waals surface area contributed by atoms with E-state index in [9.17, 15) is 5.11 Å². The second kappa shape index (κ2) is 7.23. The fourth-order valence-electron chi connectivity index (χ4n) is 4.04. The molecule has 0 aliphatic rings. The average molecular weight is 367 g/mol. The summed E-state index contributed by atoms with van der Waals surface area (Å²) < 4.78 is 0. The minimum atomic E-state index is -1.35. The Balaban J connectivity index is 1.97. The molecular weight excluding hydrogens is 342 g/mol. The van der Waals surface area contributed by atoms with Gasteiger partial charge in [0.25, 0.3) is 0 Å². The topological polar surface area (TPSA) is 46.2 Å². The molecule has 1 unspecified atom stereocenters. The smallest absolute Gasteiger partial charge is 0.134 e. The van der Waals surface area contributed by atoms with Gasteiger partial charge in [0.05, 0.1) is 6.04 Å². The third-order valence-corrected chi connectivity index (χ3v) is 5.52. The Labute approximate surface area is 166 Å². The van der Waals surface area contributed by atoms with Gasteiger partial charge in [0.15, 0.2) is 0 Å². The van der Waals surface area contributed by atoms with E-state index in [0.717, 1.165) is 38.6 Å². The van der Waals surface area contributed by atoms with Crippen molar-refractivity contribution < 1.29 is 5.11 Å². The molecule has 0 bridgehead atoms. The maximum absolute atomic E-state index is 12.2. The predicted molar refractivity (Wildman–Crippen MR) is 116 cm³/mol. The van der Waals surface area contributed by atoms with Gasteiger partial charge in [0.2, 0.25) is 0 Å². The number of aliphatic hydroxyl groups is 1. The van der Waals surface area contributed by atoms with Gasteiger partial charge in [0, 0.05) is 0 Å². The molecule has 0 spiro atoms. The maximum Gasteiger partial charge on any atom is 0.134 e. The van der Waals surface area contributed by atoms with E-state index >= 15 is 0 Å². The molecule has 2 heteroatoms. The van der Waals surface area contributed by atoms with Crippen molar-refractivity contribution in [2.24, 2.45) is 5.73 Å². The van der Waals surface area contributed by atoms with Gasteiger partial charge < -0.3 is 10.8 Å². The zero-order valence-electron chi connectivity index (χ0n) is 16.3. The molecule has 0 radical (unpaired) electrons. The first-order chi connectivity index (χ1) is 13.5. The van der Waals surface area contributed by atoms with Crippen LogP contribution in [-0.2, 0) is 5.60 Å². The lowest BCUT2D eigenvalue weighted by atomic mass is 9.76. The highest BCUT2D eigenvalue weighted by molar-refractivity contribution is 5.86. The van der Waals surface area contributed by atoms with Crippen molar-refractivity contribution in [3.8, 4) is 0 Å². The molecule has 0 saturated heterocycles. The van der Waals surface area contributed by atoms with Crippen molar-refractivity contribution in [3.63, 3.8) is 0 Å². The second-order valence-corrected chi connectivity index (χ2v) is 7.55. The number of fused-ring (bicyclic) bond motifs is 1. The first kappa shape index (κ1) is 18.4. The number of rotatable bonds is 4. The van der Waals surface area contributed by atoms with E-state index in [2.05, 4.69) is 18.2 Å². The van der Waals surface area contributed by atoms with E-state index in [4.69, 9.17) is 5.73 Å². The molecular formula is C26H25NO. The van der Waals surface area contributed by atoms with Gasteiger partial charge in [-0.1, -0.05) is 102 Å². The standard InChI is InChI=1S/C26H25NO/c1-18-8-5-12-21(16-18)26(28,22-13-6-9-19(2)17-22)25(27)24-15-7-11-20-10-3-4-14-23(20)24/h3-17,25,28H,27H2,1-2H3. The third kappa shape index (κ3) is 3.11. The third-order valence-electron chi connectivity index (χ3n) is 5.52. The van der Waals surface area contributed by atoms with Crippen LogP contribution in [0.1, 0.15) is 33.9 Å². The van der Waals surface area contributed by atoms with Gasteiger partial charge in [-0.25, -0.2) is 0 Å². The minimum absolute atomic E-state index is 0.623. The van der Waals surface area contributed by atoms with Crippen LogP contribution in [0.15, 0.2) is 91.0 Å². The number of hydrogen-bond acceptors (Lipinski definition) is 2. The summed E-state index contributed by atoms with van der Waals surface area (Å²) in [5.41, 5.74) is 10.2. The van der Waals surface area contributed by atoms with Crippen LogP contribution in [0.5, 0.6) is 0 Å². The number of hydrogen-bond donors (Lipinski definition) is 2. The normalized spacial score (nSPS) is 12.9. The van der Waals surface area contributed by atoms with E-state index in [1.807, 2.05) is 86.6 Å². The molecule has 28 heavy (non-hydrogen) atoms. The maximum atomic E-state index is 12.2. The summed E-state index contributed by atoms with van der Waals surface area (Å²) in [5.74, 6) is 0. The molecule has 0 aliphatic carbocycles. The van der Waals surface area contributed by atoms with Crippen LogP contribution in [0, 0.1) is 13.8 Å². The van der Waals surface area contributed by atoms with E-state index in [1.54, 1.807) is 0 Å². The zero-order valence-corrected chi connectivity index (χ0v) is 16.3. The van der Waals surface area contributed by atoms with Gasteiger partial charge in [-0.2, -0.15) is 0 Å². The molecule has 0 amide bonds.